The highest BCUT2D eigenvalue weighted by atomic mass is 16.5. The first-order chi connectivity index (χ1) is 9.72. The van der Waals surface area contributed by atoms with E-state index in [9.17, 15) is 4.79 Å². The molecular formula is C16H21NO3. The van der Waals surface area contributed by atoms with Crippen LogP contribution >= 0.6 is 0 Å². The quantitative estimate of drug-likeness (QED) is 0.829. The first-order valence-corrected chi connectivity index (χ1v) is 7.43. The number of benzene rings is 1. The molecule has 1 heterocycles. The van der Waals surface area contributed by atoms with E-state index in [0.717, 1.165) is 18.6 Å². The summed E-state index contributed by atoms with van der Waals surface area (Å²) in [6.07, 6.45) is 4.49. The lowest BCUT2D eigenvalue weighted by molar-refractivity contribution is -0.141. The number of carbonyl (C=O) groups excluding carboxylic acids is 1. The van der Waals surface area contributed by atoms with Crippen LogP contribution in [0.15, 0.2) is 18.2 Å². The predicted molar refractivity (Wildman–Crippen MR) is 75.8 cm³/mol. The second-order valence-corrected chi connectivity index (χ2v) is 5.69. The first kappa shape index (κ1) is 13.4. The number of aliphatic hydroxyl groups excluding tert-OH is 1. The molecule has 1 aliphatic heterocycles. The molecule has 0 saturated carbocycles. The molecular weight excluding hydrogens is 254 g/mol. The largest absolute Gasteiger partial charge is 0.494 e. The molecule has 20 heavy (non-hydrogen) atoms. The third kappa shape index (κ3) is 2.96. The van der Waals surface area contributed by atoms with Gasteiger partial charge in [0.15, 0.2) is 0 Å². The zero-order valence-electron chi connectivity index (χ0n) is 11.7. The minimum absolute atomic E-state index is 0.118. The van der Waals surface area contributed by atoms with Crippen molar-refractivity contribution in [1.82, 2.24) is 4.90 Å². The third-order valence-electron chi connectivity index (χ3n) is 4.09. The van der Waals surface area contributed by atoms with Crippen molar-refractivity contribution in [3.63, 3.8) is 0 Å². The Morgan fingerprint density at radius 2 is 2.10 bits per heavy atom. The number of β-amino-alcohol motifs (C(OH)–C–C–N with tert-alkyl or cyclic N) is 1. The lowest BCUT2D eigenvalue weighted by Gasteiger charge is -2.35. The zero-order chi connectivity index (χ0) is 13.9. The van der Waals surface area contributed by atoms with Gasteiger partial charge in [-0.3, -0.25) is 4.79 Å². The van der Waals surface area contributed by atoms with E-state index in [2.05, 4.69) is 12.1 Å². The van der Waals surface area contributed by atoms with Gasteiger partial charge in [-0.25, -0.2) is 0 Å². The molecule has 0 spiro atoms. The van der Waals surface area contributed by atoms with E-state index >= 15 is 0 Å². The van der Waals surface area contributed by atoms with Crippen molar-refractivity contribution in [2.24, 2.45) is 0 Å². The van der Waals surface area contributed by atoms with Gasteiger partial charge < -0.3 is 14.7 Å². The molecule has 1 fully saturated rings. The molecule has 2 aliphatic rings. The van der Waals surface area contributed by atoms with Gasteiger partial charge in [0.25, 0.3) is 0 Å². The van der Waals surface area contributed by atoms with Crippen LogP contribution in [0.3, 0.4) is 0 Å². The van der Waals surface area contributed by atoms with Crippen LogP contribution in [0.4, 0.5) is 0 Å². The summed E-state index contributed by atoms with van der Waals surface area (Å²) in [5, 5.41) is 9.15. The van der Waals surface area contributed by atoms with Gasteiger partial charge in [0.2, 0.25) is 5.91 Å². The van der Waals surface area contributed by atoms with Crippen molar-refractivity contribution in [2.75, 3.05) is 19.7 Å². The summed E-state index contributed by atoms with van der Waals surface area (Å²) < 4.78 is 5.71. The summed E-state index contributed by atoms with van der Waals surface area (Å²) in [4.78, 5) is 13.4. The summed E-state index contributed by atoms with van der Waals surface area (Å²) in [6, 6.07) is 6.32. The van der Waals surface area contributed by atoms with Gasteiger partial charge in [0.1, 0.15) is 5.75 Å². The Bertz CT molecular complexity index is 494. The number of nitrogens with zero attached hydrogens (tertiary/aromatic N) is 1. The molecule has 108 valence electrons. The van der Waals surface area contributed by atoms with E-state index in [1.807, 2.05) is 6.07 Å². The Morgan fingerprint density at radius 3 is 2.90 bits per heavy atom. The number of fused-ring (bicyclic) bond motifs is 1. The van der Waals surface area contributed by atoms with Crippen LogP contribution in [0.5, 0.6) is 5.75 Å². The summed E-state index contributed by atoms with van der Waals surface area (Å²) in [7, 11) is 0. The van der Waals surface area contributed by atoms with Crippen LogP contribution in [0, 0.1) is 0 Å². The lowest BCUT2D eigenvalue weighted by atomic mass is 10.1. The highest BCUT2D eigenvalue weighted by Gasteiger charge is 2.27. The van der Waals surface area contributed by atoms with Crippen LogP contribution < -0.4 is 4.74 Å². The molecule has 1 saturated heterocycles. The maximum Gasteiger partial charge on any atom is 0.222 e. The van der Waals surface area contributed by atoms with Gasteiger partial charge >= 0.3 is 0 Å². The maximum atomic E-state index is 11.7. The fourth-order valence-corrected chi connectivity index (χ4v) is 2.87. The van der Waals surface area contributed by atoms with Crippen LogP contribution in [0.2, 0.25) is 0 Å². The lowest BCUT2D eigenvalue weighted by Crippen LogP contribution is -2.53. The SMILES string of the molecule is O=C(CCCOc1ccc2c(c1)CCC2)N1CC(O)C1. The van der Waals surface area contributed by atoms with Crippen LogP contribution in [-0.2, 0) is 17.6 Å². The number of rotatable bonds is 5. The number of ether oxygens (including phenoxy) is 1. The highest BCUT2D eigenvalue weighted by molar-refractivity contribution is 5.77. The minimum atomic E-state index is -0.318. The van der Waals surface area contributed by atoms with E-state index < -0.39 is 0 Å². The first-order valence-electron chi connectivity index (χ1n) is 7.43. The molecule has 1 aliphatic carbocycles. The fourth-order valence-electron chi connectivity index (χ4n) is 2.87. The molecule has 1 N–H and O–H groups in total. The smallest absolute Gasteiger partial charge is 0.222 e. The molecule has 1 aromatic rings. The molecule has 0 radical (unpaired) electrons. The van der Waals surface area contributed by atoms with E-state index in [0.29, 0.717) is 26.1 Å². The van der Waals surface area contributed by atoms with E-state index in [1.54, 1.807) is 4.90 Å². The standard InChI is InChI=1S/C16H21NO3/c18-14-10-17(11-14)16(19)5-2-8-20-15-7-6-12-3-1-4-13(12)9-15/h6-7,9,14,18H,1-5,8,10-11H2. The van der Waals surface area contributed by atoms with Gasteiger partial charge in [-0.05, 0) is 48.9 Å². The number of carbonyl (C=O) groups is 1. The number of aliphatic hydroxyl groups is 1. The minimum Gasteiger partial charge on any atom is -0.494 e. The average Bonchev–Trinajstić information content (AvgIpc) is 2.87. The molecule has 0 bridgehead atoms. The zero-order valence-corrected chi connectivity index (χ0v) is 11.7. The van der Waals surface area contributed by atoms with Gasteiger partial charge in [0.05, 0.1) is 12.7 Å². The van der Waals surface area contributed by atoms with Crippen LogP contribution in [0.25, 0.3) is 0 Å². The predicted octanol–water partition coefficient (Wildman–Crippen LogP) is 1.54. The number of amides is 1. The third-order valence-corrected chi connectivity index (χ3v) is 4.09. The number of hydrogen-bond acceptors (Lipinski definition) is 3. The second kappa shape index (κ2) is 5.83. The van der Waals surface area contributed by atoms with E-state index in [4.69, 9.17) is 9.84 Å². The van der Waals surface area contributed by atoms with Gasteiger partial charge in [-0.1, -0.05) is 6.07 Å². The summed E-state index contributed by atoms with van der Waals surface area (Å²) in [6.45, 7) is 1.55. The summed E-state index contributed by atoms with van der Waals surface area (Å²) in [5.74, 6) is 1.03. The van der Waals surface area contributed by atoms with Crippen molar-refractivity contribution in [1.29, 1.82) is 0 Å². The molecule has 1 aromatic carbocycles. The number of hydrogen-bond donors (Lipinski definition) is 1. The monoisotopic (exact) mass is 275 g/mol. The Labute approximate surface area is 119 Å². The fraction of sp³-hybridized carbons (Fsp3) is 0.562. The second-order valence-electron chi connectivity index (χ2n) is 5.69. The molecule has 0 aromatic heterocycles. The van der Waals surface area contributed by atoms with Gasteiger partial charge in [0, 0.05) is 19.5 Å². The van der Waals surface area contributed by atoms with Crippen molar-refractivity contribution >= 4 is 5.91 Å². The molecule has 4 nitrogen and oxygen atoms in total. The number of aryl methyl sites for hydroxylation is 2. The maximum absolute atomic E-state index is 11.7. The van der Waals surface area contributed by atoms with Crippen molar-refractivity contribution in [3.8, 4) is 5.75 Å². The summed E-state index contributed by atoms with van der Waals surface area (Å²) >= 11 is 0. The molecule has 4 heteroatoms. The van der Waals surface area contributed by atoms with Crippen molar-refractivity contribution in [3.05, 3.63) is 29.3 Å². The Hall–Kier alpha value is -1.55. The van der Waals surface area contributed by atoms with E-state index in [-0.39, 0.29) is 12.0 Å². The molecule has 3 rings (SSSR count). The Morgan fingerprint density at radius 1 is 1.30 bits per heavy atom. The topological polar surface area (TPSA) is 49.8 Å². The molecule has 0 unspecified atom stereocenters. The molecule has 1 amide bonds. The highest BCUT2D eigenvalue weighted by Crippen LogP contribution is 2.26. The van der Waals surface area contributed by atoms with Gasteiger partial charge in [-0.15, -0.1) is 0 Å². The summed E-state index contributed by atoms with van der Waals surface area (Å²) in [5.41, 5.74) is 2.86. The van der Waals surface area contributed by atoms with Crippen LogP contribution in [0.1, 0.15) is 30.4 Å². The van der Waals surface area contributed by atoms with Crippen molar-refractivity contribution < 1.29 is 14.6 Å². The average molecular weight is 275 g/mol. The van der Waals surface area contributed by atoms with Crippen molar-refractivity contribution in [2.45, 2.75) is 38.2 Å². The Balaban J connectivity index is 1.38. The Kier molecular flexibility index (Phi) is 3.92. The van der Waals surface area contributed by atoms with E-state index in [1.165, 1.54) is 24.0 Å². The molecule has 0 atom stereocenters. The normalized spacial score (nSPS) is 17.8. The van der Waals surface area contributed by atoms with Gasteiger partial charge in [-0.2, -0.15) is 0 Å². The number of likely N-dealkylation sites (tertiary alicyclic amines) is 1. The van der Waals surface area contributed by atoms with Crippen LogP contribution in [-0.4, -0.2) is 41.7 Å².